The van der Waals surface area contributed by atoms with Gasteiger partial charge in [0.1, 0.15) is 11.4 Å². The minimum atomic E-state index is -0.367. The molecule has 2 amide bonds. The van der Waals surface area contributed by atoms with Crippen LogP contribution in [0.25, 0.3) is 0 Å². The molecule has 1 heterocycles. The summed E-state index contributed by atoms with van der Waals surface area (Å²) < 4.78 is 0. The number of carbonyl (C=O) groups excluding carboxylic acids is 2. The van der Waals surface area contributed by atoms with Crippen LogP contribution < -0.4 is 15.5 Å². The van der Waals surface area contributed by atoms with Crippen molar-refractivity contribution in [3.63, 3.8) is 0 Å². The van der Waals surface area contributed by atoms with E-state index in [0.717, 1.165) is 11.3 Å². The third-order valence-corrected chi connectivity index (χ3v) is 4.50. The van der Waals surface area contributed by atoms with Gasteiger partial charge in [-0.3, -0.25) is 9.59 Å². The number of carbonyl (C=O) groups is 2. The molecule has 2 N–H and O–H groups in total. The smallest absolute Gasteiger partial charge is 0.274 e. The largest absolute Gasteiger partial charge is 0.378 e. The minimum absolute atomic E-state index is 0.168. The van der Waals surface area contributed by atoms with Crippen molar-refractivity contribution in [3.8, 4) is 0 Å². The topological polar surface area (TPSA) is 74.3 Å². The molecule has 0 aliphatic rings. The molecule has 1 aromatic heterocycles. The second-order valence-electron chi connectivity index (χ2n) is 6.91. The molecule has 6 nitrogen and oxygen atoms in total. The monoisotopic (exact) mass is 388 g/mol. The fourth-order valence-corrected chi connectivity index (χ4v) is 2.82. The van der Waals surface area contributed by atoms with Crippen LogP contribution in [0.15, 0.2) is 72.8 Å². The van der Waals surface area contributed by atoms with Crippen LogP contribution in [-0.4, -0.2) is 30.9 Å². The molecule has 148 valence electrons. The van der Waals surface area contributed by atoms with Crippen LogP contribution in [0, 0.1) is 0 Å². The second-order valence-corrected chi connectivity index (χ2v) is 6.91. The number of pyridine rings is 1. The standard InChI is InChI=1S/C23H24N4O2/c1-16(17-8-5-4-6-9-17)24-22(28)20-10-7-11-21(26-20)23(29)25-18-12-14-19(15-13-18)27(2)3/h4-16H,1-3H3,(H,24,28)(H,25,29). The molecule has 0 aliphatic carbocycles. The summed E-state index contributed by atoms with van der Waals surface area (Å²) in [5.74, 6) is -0.695. The van der Waals surface area contributed by atoms with Crippen LogP contribution in [0.5, 0.6) is 0 Å². The number of amides is 2. The van der Waals surface area contributed by atoms with E-state index in [1.165, 1.54) is 0 Å². The Morgan fingerprint density at radius 3 is 2.07 bits per heavy atom. The van der Waals surface area contributed by atoms with Crippen LogP contribution in [0.2, 0.25) is 0 Å². The third kappa shape index (κ3) is 5.19. The molecule has 0 spiro atoms. The van der Waals surface area contributed by atoms with Crippen molar-refractivity contribution in [2.24, 2.45) is 0 Å². The van der Waals surface area contributed by atoms with Gasteiger partial charge in [-0.15, -0.1) is 0 Å². The molecule has 0 aliphatic heterocycles. The summed E-state index contributed by atoms with van der Waals surface area (Å²) in [7, 11) is 3.90. The minimum Gasteiger partial charge on any atom is -0.378 e. The molecule has 0 saturated carbocycles. The van der Waals surface area contributed by atoms with Crippen LogP contribution in [0.4, 0.5) is 11.4 Å². The number of rotatable bonds is 6. The van der Waals surface area contributed by atoms with Crippen LogP contribution >= 0.6 is 0 Å². The van der Waals surface area contributed by atoms with Gasteiger partial charge < -0.3 is 15.5 Å². The van der Waals surface area contributed by atoms with Crippen molar-refractivity contribution in [3.05, 3.63) is 89.7 Å². The van der Waals surface area contributed by atoms with Gasteiger partial charge in [-0.25, -0.2) is 4.98 Å². The van der Waals surface area contributed by atoms with Gasteiger partial charge in [0.2, 0.25) is 0 Å². The first-order valence-corrected chi connectivity index (χ1v) is 9.35. The molecule has 29 heavy (non-hydrogen) atoms. The normalized spacial score (nSPS) is 11.4. The van der Waals surface area contributed by atoms with Gasteiger partial charge in [-0.1, -0.05) is 36.4 Å². The number of anilines is 2. The summed E-state index contributed by atoms with van der Waals surface area (Å²) >= 11 is 0. The second kappa shape index (κ2) is 9.01. The highest BCUT2D eigenvalue weighted by molar-refractivity contribution is 6.04. The molecule has 3 aromatic rings. The predicted octanol–water partition coefficient (Wildman–Crippen LogP) is 3.89. The maximum absolute atomic E-state index is 12.6. The molecule has 1 unspecified atom stereocenters. The fourth-order valence-electron chi connectivity index (χ4n) is 2.82. The van der Waals surface area contributed by atoms with Gasteiger partial charge in [0.25, 0.3) is 11.8 Å². The zero-order chi connectivity index (χ0) is 20.8. The van der Waals surface area contributed by atoms with Crippen molar-refractivity contribution >= 4 is 23.2 Å². The Balaban J connectivity index is 1.68. The van der Waals surface area contributed by atoms with Crippen LogP contribution in [-0.2, 0) is 0 Å². The summed E-state index contributed by atoms with van der Waals surface area (Å²) in [5, 5.41) is 5.71. The van der Waals surface area contributed by atoms with E-state index in [9.17, 15) is 9.59 Å². The number of hydrogen-bond donors (Lipinski definition) is 2. The summed E-state index contributed by atoms with van der Waals surface area (Å²) in [5.41, 5.74) is 3.07. The first-order chi connectivity index (χ1) is 13.9. The molecule has 0 bridgehead atoms. The summed E-state index contributed by atoms with van der Waals surface area (Å²) in [4.78, 5) is 31.3. The lowest BCUT2D eigenvalue weighted by Crippen LogP contribution is -2.28. The van der Waals surface area contributed by atoms with Crippen LogP contribution in [0.3, 0.4) is 0 Å². The van der Waals surface area contributed by atoms with Gasteiger partial charge in [-0.2, -0.15) is 0 Å². The van der Waals surface area contributed by atoms with Gasteiger partial charge in [0.05, 0.1) is 6.04 Å². The maximum atomic E-state index is 12.6. The van der Waals surface area contributed by atoms with E-state index in [1.807, 2.05) is 80.5 Å². The Morgan fingerprint density at radius 1 is 0.828 bits per heavy atom. The summed E-state index contributed by atoms with van der Waals surface area (Å²) in [6, 6.07) is 21.8. The Kier molecular flexibility index (Phi) is 6.24. The molecular formula is C23H24N4O2. The molecule has 1 atom stereocenters. The van der Waals surface area contributed by atoms with E-state index < -0.39 is 0 Å². The zero-order valence-corrected chi connectivity index (χ0v) is 16.7. The highest BCUT2D eigenvalue weighted by Gasteiger charge is 2.15. The average Bonchev–Trinajstić information content (AvgIpc) is 2.74. The number of nitrogens with zero attached hydrogens (tertiary/aromatic N) is 2. The highest BCUT2D eigenvalue weighted by Crippen LogP contribution is 2.16. The Bertz CT molecular complexity index is 985. The molecule has 0 radical (unpaired) electrons. The molecule has 6 heteroatoms. The van der Waals surface area contributed by atoms with E-state index in [0.29, 0.717) is 5.69 Å². The van der Waals surface area contributed by atoms with Crippen molar-refractivity contribution in [2.45, 2.75) is 13.0 Å². The van der Waals surface area contributed by atoms with Crippen molar-refractivity contribution in [2.75, 3.05) is 24.3 Å². The molecule has 0 fully saturated rings. The molecule has 3 rings (SSSR count). The SMILES string of the molecule is CC(NC(=O)c1cccc(C(=O)Nc2ccc(N(C)C)cc2)n1)c1ccccc1. The molecular weight excluding hydrogens is 364 g/mol. The van der Waals surface area contributed by atoms with E-state index >= 15 is 0 Å². The lowest BCUT2D eigenvalue weighted by molar-refractivity contribution is 0.0934. The summed E-state index contributed by atoms with van der Waals surface area (Å²) in [6.07, 6.45) is 0. The average molecular weight is 388 g/mol. The number of aromatic nitrogens is 1. The highest BCUT2D eigenvalue weighted by atomic mass is 16.2. The maximum Gasteiger partial charge on any atom is 0.274 e. The first-order valence-electron chi connectivity index (χ1n) is 9.35. The lowest BCUT2D eigenvalue weighted by Gasteiger charge is -2.14. The molecule has 2 aromatic carbocycles. The lowest BCUT2D eigenvalue weighted by atomic mass is 10.1. The van der Waals surface area contributed by atoms with Gasteiger partial charge in [0.15, 0.2) is 0 Å². The van der Waals surface area contributed by atoms with Gasteiger partial charge in [-0.05, 0) is 48.9 Å². The zero-order valence-electron chi connectivity index (χ0n) is 16.7. The van der Waals surface area contributed by atoms with E-state index in [-0.39, 0.29) is 29.2 Å². The van der Waals surface area contributed by atoms with Crippen molar-refractivity contribution < 1.29 is 9.59 Å². The number of benzene rings is 2. The number of hydrogen-bond acceptors (Lipinski definition) is 4. The summed E-state index contributed by atoms with van der Waals surface area (Å²) in [6.45, 7) is 1.90. The first kappa shape index (κ1) is 20.1. The van der Waals surface area contributed by atoms with E-state index in [2.05, 4.69) is 15.6 Å². The fraction of sp³-hybridized carbons (Fsp3) is 0.174. The third-order valence-electron chi connectivity index (χ3n) is 4.50. The quantitative estimate of drug-likeness (QED) is 0.672. The van der Waals surface area contributed by atoms with Crippen molar-refractivity contribution in [1.82, 2.24) is 10.3 Å². The predicted molar refractivity (Wildman–Crippen MR) is 115 cm³/mol. The number of nitrogens with one attached hydrogen (secondary N) is 2. The Labute approximate surface area is 170 Å². The van der Waals surface area contributed by atoms with E-state index in [1.54, 1.807) is 18.2 Å². The van der Waals surface area contributed by atoms with Gasteiger partial charge >= 0.3 is 0 Å². The van der Waals surface area contributed by atoms with Crippen molar-refractivity contribution in [1.29, 1.82) is 0 Å². The van der Waals surface area contributed by atoms with Crippen LogP contribution in [0.1, 0.15) is 39.5 Å². The van der Waals surface area contributed by atoms with E-state index in [4.69, 9.17) is 0 Å². The van der Waals surface area contributed by atoms with Gasteiger partial charge in [0, 0.05) is 25.5 Å². The Morgan fingerprint density at radius 2 is 1.45 bits per heavy atom. The Hall–Kier alpha value is -3.67. The molecule has 0 saturated heterocycles.